The third-order valence-electron chi connectivity index (χ3n) is 6.68. The summed E-state index contributed by atoms with van der Waals surface area (Å²) in [5, 5.41) is 11.7. The van der Waals surface area contributed by atoms with E-state index in [-0.39, 0.29) is 36.6 Å². The van der Waals surface area contributed by atoms with E-state index in [2.05, 4.69) is 5.32 Å². The summed E-state index contributed by atoms with van der Waals surface area (Å²) in [6.07, 6.45) is -15.7. The average molecular weight is 552 g/mol. The highest BCUT2D eigenvalue weighted by atomic mass is 19.4. The van der Waals surface area contributed by atoms with Crippen LogP contribution in [0, 0.1) is 5.92 Å². The first-order valence-electron chi connectivity index (χ1n) is 12.4. The Labute approximate surface area is 217 Å². The van der Waals surface area contributed by atoms with Crippen molar-refractivity contribution in [2.24, 2.45) is 5.92 Å². The molecule has 0 amide bonds. The smallest absolute Gasteiger partial charge is 0.417 e. The lowest BCUT2D eigenvalue weighted by molar-refractivity contribution is -0.353. The Kier molecular flexibility index (Phi) is 9.70. The Balaban J connectivity index is 1.92. The van der Waals surface area contributed by atoms with Crippen molar-refractivity contribution < 1.29 is 45.3 Å². The van der Waals surface area contributed by atoms with Gasteiger partial charge >= 0.3 is 18.7 Å². The number of para-hydroxylation sites is 1. The number of hydrogen-bond donors (Lipinski definition) is 2. The maximum atomic E-state index is 14.4. The minimum Gasteiger partial charge on any atom is -0.457 e. The van der Waals surface area contributed by atoms with Gasteiger partial charge in [0.2, 0.25) is 0 Å². The van der Waals surface area contributed by atoms with Crippen molar-refractivity contribution in [1.82, 2.24) is 5.32 Å². The second-order valence-electron chi connectivity index (χ2n) is 9.96. The summed E-state index contributed by atoms with van der Waals surface area (Å²) < 4.78 is 104. The number of aliphatic hydroxyl groups excluding tert-OH is 1. The van der Waals surface area contributed by atoms with Gasteiger partial charge in [0.15, 0.2) is 6.10 Å². The highest BCUT2D eigenvalue weighted by Gasteiger charge is 2.53. The van der Waals surface area contributed by atoms with Gasteiger partial charge in [-0.1, -0.05) is 44.2 Å². The van der Waals surface area contributed by atoms with Crippen LogP contribution in [0.4, 0.5) is 30.7 Å². The number of hydrogen-bond acceptors (Lipinski definition) is 4. The zero-order chi connectivity index (χ0) is 28.1. The van der Waals surface area contributed by atoms with Gasteiger partial charge in [0, 0.05) is 12.1 Å². The molecule has 3 atom stereocenters. The molecule has 0 spiro atoms. The van der Waals surface area contributed by atoms with E-state index in [1.165, 1.54) is 12.1 Å². The quantitative estimate of drug-likeness (QED) is 0.286. The van der Waals surface area contributed by atoms with Crippen LogP contribution >= 0.6 is 0 Å². The number of halogens is 7. The maximum Gasteiger partial charge on any atom is 0.417 e. The molecule has 1 aliphatic rings. The molecule has 0 aromatic heterocycles. The molecular formula is C27H32F7NO3. The topological polar surface area (TPSA) is 50.7 Å². The van der Waals surface area contributed by atoms with E-state index in [4.69, 9.17) is 9.47 Å². The lowest BCUT2D eigenvalue weighted by Gasteiger charge is -2.43. The molecule has 3 rings (SSSR count). The van der Waals surface area contributed by atoms with Crippen LogP contribution in [0.25, 0.3) is 0 Å². The molecule has 1 saturated carbocycles. The number of benzene rings is 2. The fourth-order valence-corrected chi connectivity index (χ4v) is 4.75. The first-order valence-corrected chi connectivity index (χ1v) is 12.4. The van der Waals surface area contributed by atoms with E-state index in [1.807, 2.05) is 19.9 Å². The molecule has 0 bridgehead atoms. The molecular weight excluding hydrogens is 519 g/mol. The molecule has 2 aromatic rings. The second-order valence-corrected chi connectivity index (χ2v) is 9.96. The summed E-state index contributed by atoms with van der Waals surface area (Å²) in [5.74, 6) is 0.278. The molecule has 3 unspecified atom stereocenters. The van der Waals surface area contributed by atoms with Crippen molar-refractivity contribution >= 4 is 0 Å². The molecule has 0 radical (unpaired) electrons. The van der Waals surface area contributed by atoms with Crippen LogP contribution in [0.2, 0.25) is 0 Å². The van der Waals surface area contributed by atoms with Crippen molar-refractivity contribution in [2.75, 3.05) is 13.1 Å². The van der Waals surface area contributed by atoms with Crippen molar-refractivity contribution in [3.05, 3.63) is 59.7 Å². The Morgan fingerprint density at radius 1 is 1.05 bits per heavy atom. The van der Waals surface area contributed by atoms with E-state index in [9.17, 15) is 35.8 Å². The van der Waals surface area contributed by atoms with Crippen molar-refractivity contribution in [2.45, 2.75) is 75.9 Å². The van der Waals surface area contributed by atoms with Gasteiger partial charge in [0.05, 0.1) is 0 Å². The van der Waals surface area contributed by atoms with Crippen LogP contribution in [-0.2, 0) is 10.3 Å². The van der Waals surface area contributed by atoms with E-state index >= 15 is 0 Å². The van der Waals surface area contributed by atoms with Crippen molar-refractivity contribution in [3.63, 3.8) is 0 Å². The van der Waals surface area contributed by atoms with Crippen LogP contribution in [-0.4, -0.2) is 43.0 Å². The highest BCUT2D eigenvalue weighted by molar-refractivity contribution is 5.43. The van der Waals surface area contributed by atoms with Crippen LogP contribution in [0.5, 0.6) is 11.5 Å². The molecule has 0 heterocycles. The standard InChI is InChI=1S/C27H32F7NO3/c1-17(2)19-8-5-9-20(13-19)37-22-11-4-3-10-21(22)25(38-27(33,34)24(28)29)12-6-7-18(14-25)15-35-16-23(36)26(30,31)32/h3-5,8-11,13,17-18,23-24,35-36H,6-7,12,14-16H2,1-2H3. The van der Waals surface area contributed by atoms with E-state index < -0.39 is 42.9 Å². The summed E-state index contributed by atoms with van der Waals surface area (Å²) in [6, 6.07) is 13.3. The molecule has 2 aromatic carbocycles. The van der Waals surface area contributed by atoms with E-state index in [0.29, 0.717) is 18.6 Å². The van der Waals surface area contributed by atoms with Gasteiger partial charge in [-0.2, -0.15) is 22.0 Å². The predicted molar refractivity (Wildman–Crippen MR) is 128 cm³/mol. The highest BCUT2D eigenvalue weighted by Crippen LogP contribution is 2.50. The number of aliphatic hydroxyl groups is 1. The number of nitrogens with one attached hydrogen (secondary N) is 1. The predicted octanol–water partition coefficient (Wildman–Crippen LogP) is 7.38. The van der Waals surface area contributed by atoms with Gasteiger partial charge in [-0.05, 0) is 67.8 Å². The van der Waals surface area contributed by atoms with Gasteiger partial charge < -0.3 is 19.9 Å². The molecule has 38 heavy (non-hydrogen) atoms. The first kappa shape index (κ1) is 30.2. The zero-order valence-electron chi connectivity index (χ0n) is 21.1. The Morgan fingerprint density at radius 2 is 1.76 bits per heavy atom. The first-order chi connectivity index (χ1) is 17.7. The molecule has 4 nitrogen and oxygen atoms in total. The number of ether oxygens (including phenoxy) is 2. The monoisotopic (exact) mass is 551 g/mol. The van der Waals surface area contributed by atoms with Crippen molar-refractivity contribution in [3.8, 4) is 11.5 Å². The van der Waals surface area contributed by atoms with Gasteiger partial charge in [0.1, 0.15) is 17.1 Å². The molecule has 11 heteroatoms. The Bertz CT molecular complexity index is 1050. The van der Waals surface area contributed by atoms with Gasteiger partial charge in [-0.3, -0.25) is 0 Å². The molecule has 212 valence electrons. The van der Waals surface area contributed by atoms with Crippen LogP contribution < -0.4 is 10.1 Å². The lowest BCUT2D eigenvalue weighted by Crippen LogP contribution is -2.47. The average Bonchev–Trinajstić information content (AvgIpc) is 2.83. The largest absolute Gasteiger partial charge is 0.457 e. The normalized spacial score (nSPS) is 21.6. The molecule has 2 N–H and O–H groups in total. The molecule has 0 saturated heterocycles. The van der Waals surface area contributed by atoms with E-state index in [0.717, 1.165) is 5.56 Å². The zero-order valence-corrected chi connectivity index (χ0v) is 21.1. The van der Waals surface area contributed by atoms with Gasteiger partial charge in [0.25, 0.3) is 0 Å². The Morgan fingerprint density at radius 3 is 2.42 bits per heavy atom. The lowest BCUT2D eigenvalue weighted by atomic mass is 9.73. The van der Waals surface area contributed by atoms with Crippen LogP contribution in [0.3, 0.4) is 0 Å². The molecule has 1 fully saturated rings. The van der Waals surface area contributed by atoms with E-state index in [1.54, 1.807) is 30.3 Å². The van der Waals surface area contributed by atoms with Gasteiger partial charge in [-0.15, -0.1) is 0 Å². The van der Waals surface area contributed by atoms with Gasteiger partial charge in [-0.25, -0.2) is 8.78 Å². The summed E-state index contributed by atoms with van der Waals surface area (Å²) in [6.45, 7) is 3.14. The van der Waals surface area contributed by atoms with Crippen LogP contribution in [0.1, 0.15) is 56.6 Å². The molecule has 1 aliphatic carbocycles. The summed E-state index contributed by atoms with van der Waals surface area (Å²) in [5.41, 5.74) is -0.769. The number of alkyl halides is 7. The third kappa shape index (κ3) is 7.60. The fraction of sp³-hybridized carbons (Fsp3) is 0.556. The minimum atomic E-state index is -4.81. The second kappa shape index (κ2) is 12.2. The minimum absolute atomic E-state index is 0.0244. The van der Waals surface area contributed by atoms with Crippen LogP contribution in [0.15, 0.2) is 48.5 Å². The SMILES string of the molecule is CC(C)c1cccc(Oc2ccccc2C2(OC(F)(F)C(F)F)CCCC(CNCC(O)C(F)(F)F)C2)c1. The summed E-state index contributed by atoms with van der Waals surface area (Å²) in [7, 11) is 0. The Hall–Kier alpha value is -2.37. The third-order valence-corrected chi connectivity index (χ3v) is 6.68. The molecule has 0 aliphatic heterocycles. The number of rotatable bonds is 11. The maximum absolute atomic E-state index is 14.4. The fourth-order valence-electron chi connectivity index (χ4n) is 4.75. The summed E-state index contributed by atoms with van der Waals surface area (Å²) >= 11 is 0. The van der Waals surface area contributed by atoms with Crippen molar-refractivity contribution in [1.29, 1.82) is 0 Å². The summed E-state index contributed by atoms with van der Waals surface area (Å²) in [4.78, 5) is 0.